The van der Waals surface area contributed by atoms with E-state index in [1.165, 1.54) is 4.88 Å². The molecule has 1 aliphatic rings. The summed E-state index contributed by atoms with van der Waals surface area (Å²) in [6.45, 7) is 7.41. The lowest BCUT2D eigenvalue weighted by molar-refractivity contribution is -0.135. The van der Waals surface area contributed by atoms with Gasteiger partial charge in [0.05, 0.1) is 6.04 Å². The molecule has 8 heteroatoms. The molecule has 0 saturated carbocycles. The van der Waals surface area contributed by atoms with Gasteiger partial charge in [-0.05, 0) is 68.0 Å². The highest BCUT2D eigenvalue weighted by Crippen LogP contribution is 2.34. The van der Waals surface area contributed by atoms with E-state index in [4.69, 9.17) is 16.3 Å². The Morgan fingerprint density at radius 1 is 1.29 bits per heavy atom. The molecule has 1 N–H and O–H groups in total. The van der Waals surface area contributed by atoms with Crippen molar-refractivity contribution in [2.24, 2.45) is 0 Å². The second kappa shape index (κ2) is 10.9. The molecular formula is C23H30ClN3O3S. The van der Waals surface area contributed by atoms with Gasteiger partial charge in [-0.1, -0.05) is 18.5 Å². The minimum absolute atomic E-state index is 0.0271. The van der Waals surface area contributed by atoms with Crippen molar-refractivity contribution >= 4 is 34.9 Å². The zero-order valence-electron chi connectivity index (χ0n) is 18.3. The normalized spacial score (nSPS) is 16.4. The minimum Gasteiger partial charge on any atom is -0.491 e. The third-order valence-corrected chi connectivity index (χ3v) is 6.90. The molecule has 2 heterocycles. The number of hydrogen-bond donors (Lipinski definition) is 1. The molecule has 0 radical (unpaired) electrons. The molecule has 2 aromatic rings. The largest absolute Gasteiger partial charge is 0.491 e. The maximum atomic E-state index is 13.4. The Balaban J connectivity index is 1.77. The summed E-state index contributed by atoms with van der Waals surface area (Å²) in [5, 5.41) is 5.54. The fraction of sp³-hybridized carbons (Fsp3) is 0.478. The van der Waals surface area contributed by atoms with Crippen LogP contribution in [0.4, 0.5) is 4.79 Å². The fourth-order valence-electron chi connectivity index (χ4n) is 3.72. The van der Waals surface area contributed by atoms with Gasteiger partial charge in [0, 0.05) is 29.0 Å². The number of carbonyl (C=O) groups excluding carboxylic acids is 2. The summed E-state index contributed by atoms with van der Waals surface area (Å²) in [6.07, 6.45) is 1.60. The number of amides is 3. The van der Waals surface area contributed by atoms with Crippen molar-refractivity contribution in [2.45, 2.75) is 45.7 Å². The van der Waals surface area contributed by atoms with Crippen LogP contribution in [0, 0.1) is 0 Å². The summed E-state index contributed by atoms with van der Waals surface area (Å²) in [6, 6.07) is 8.88. The van der Waals surface area contributed by atoms with Gasteiger partial charge in [-0.2, -0.15) is 0 Å². The van der Waals surface area contributed by atoms with E-state index in [0.29, 0.717) is 30.5 Å². The van der Waals surface area contributed by atoms with Gasteiger partial charge in [0.1, 0.15) is 18.9 Å². The number of thiophene rings is 1. The SMILES string of the molecule is CCNC(=O)N(CC(=O)N1CCc2sccc2[C@@H]1COc1ccc(Cl)cc1)[C@H](C)CC. The molecular weight excluding hydrogens is 434 g/mol. The van der Waals surface area contributed by atoms with Gasteiger partial charge in [0.2, 0.25) is 5.91 Å². The quantitative estimate of drug-likeness (QED) is 0.615. The standard InChI is InChI=1S/C23H30ClN3O3S/c1-4-16(3)27(23(29)25-5-2)14-22(28)26-12-10-21-19(11-13-31-21)20(26)15-30-18-8-6-17(24)7-9-18/h6-9,11,13,16,20H,4-5,10,12,14-15H2,1-3H3,(H,25,29)/t16-,20+/m1/s1. The van der Waals surface area contributed by atoms with Crippen LogP contribution in [0.3, 0.4) is 0 Å². The van der Waals surface area contributed by atoms with Crippen molar-refractivity contribution in [1.82, 2.24) is 15.1 Å². The van der Waals surface area contributed by atoms with Crippen LogP contribution in [0.2, 0.25) is 5.02 Å². The molecule has 0 unspecified atom stereocenters. The van der Waals surface area contributed by atoms with E-state index in [9.17, 15) is 9.59 Å². The maximum absolute atomic E-state index is 13.4. The lowest BCUT2D eigenvalue weighted by atomic mass is 10.00. The van der Waals surface area contributed by atoms with Crippen LogP contribution in [0.25, 0.3) is 0 Å². The number of urea groups is 1. The maximum Gasteiger partial charge on any atom is 0.318 e. The highest BCUT2D eigenvalue weighted by atomic mass is 35.5. The molecule has 168 valence electrons. The first-order valence-corrected chi connectivity index (χ1v) is 12.0. The molecule has 2 atom stereocenters. The predicted octanol–water partition coefficient (Wildman–Crippen LogP) is 4.74. The molecule has 0 spiro atoms. The second-order valence-corrected chi connectivity index (χ2v) is 9.07. The smallest absolute Gasteiger partial charge is 0.318 e. The fourth-order valence-corrected chi connectivity index (χ4v) is 4.77. The highest BCUT2D eigenvalue weighted by Gasteiger charge is 2.34. The lowest BCUT2D eigenvalue weighted by Gasteiger charge is -2.38. The number of nitrogens with one attached hydrogen (secondary N) is 1. The zero-order valence-corrected chi connectivity index (χ0v) is 19.8. The molecule has 31 heavy (non-hydrogen) atoms. The molecule has 0 aliphatic carbocycles. The van der Waals surface area contributed by atoms with Crippen molar-refractivity contribution in [3.05, 3.63) is 51.2 Å². The number of carbonyl (C=O) groups is 2. The number of ether oxygens (including phenoxy) is 1. The topological polar surface area (TPSA) is 61.9 Å². The number of rotatable bonds is 8. The van der Waals surface area contributed by atoms with Crippen LogP contribution in [-0.2, 0) is 11.2 Å². The van der Waals surface area contributed by atoms with Gasteiger partial charge in [0.15, 0.2) is 0 Å². The Morgan fingerprint density at radius 3 is 2.71 bits per heavy atom. The number of hydrogen-bond acceptors (Lipinski definition) is 4. The van der Waals surface area contributed by atoms with Crippen LogP contribution < -0.4 is 10.1 Å². The van der Waals surface area contributed by atoms with Crippen molar-refractivity contribution in [1.29, 1.82) is 0 Å². The van der Waals surface area contributed by atoms with Crippen molar-refractivity contribution in [2.75, 3.05) is 26.2 Å². The van der Waals surface area contributed by atoms with Crippen LogP contribution in [0.15, 0.2) is 35.7 Å². The van der Waals surface area contributed by atoms with E-state index in [0.717, 1.165) is 18.4 Å². The average Bonchev–Trinajstić information content (AvgIpc) is 3.25. The van der Waals surface area contributed by atoms with Gasteiger partial charge in [-0.15, -0.1) is 11.3 Å². The molecule has 1 aromatic heterocycles. The zero-order chi connectivity index (χ0) is 22.4. The van der Waals surface area contributed by atoms with Crippen molar-refractivity contribution in [3.8, 4) is 5.75 Å². The van der Waals surface area contributed by atoms with Crippen LogP contribution in [0.5, 0.6) is 5.75 Å². The number of nitrogens with zero attached hydrogens (tertiary/aromatic N) is 2. The average molecular weight is 464 g/mol. The van der Waals surface area contributed by atoms with E-state index in [-0.39, 0.29) is 30.6 Å². The first kappa shape index (κ1) is 23.4. The Labute approximate surface area is 193 Å². The Bertz CT molecular complexity index is 886. The minimum atomic E-state index is -0.201. The lowest BCUT2D eigenvalue weighted by Crippen LogP contribution is -2.52. The van der Waals surface area contributed by atoms with Crippen LogP contribution >= 0.6 is 22.9 Å². The van der Waals surface area contributed by atoms with E-state index < -0.39 is 0 Å². The van der Waals surface area contributed by atoms with Gasteiger partial charge in [0.25, 0.3) is 0 Å². The molecule has 1 aliphatic heterocycles. The highest BCUT2D eigenvalue weighted by molar-refractivity contribution is 7.10. The van der Waals surface area contributed by atoms with E-state index >= 15 is 0 Å². The predicted molar refractivity (Wildman–Crippen MR) is 125 cm³/mol. The van der Waals surface area contributed by atoms with Crippen molar-refractivity contribution < 1.29 is 14.3 Å². The number of halogens is 1. The third kappa shape index (κ3) is 5.71. The Morgan fingerprint density at radius 2 is 2.03 bits per heavy atom. The van der Waals surface area contributed by atoms with Gasteiger partial charge < -0.3 is 19.9 Å². The summed E-state index contributed by atoms with van der Waals surface area (Å²) in [7, 11) is 0. The molecule has 0 fully saturated rings. The second-order valence-electron chi connectivity index (χ2n) is 7.64. The van der Waals surface area contributed by atoms with Crippen LogP contribution in [0.1, 0.15) is 43.7 Å². The van der Waals surface area contributed by atoms with E-state index in [1.807, 2.05) is 37.8 Å². The summed E-state index contributed by atoms with van der Waals surface area (Å²) in [5.74, 6) is 0.649. The van der Waals surface area contributed by atoms with Crippen LogP contribution in [-0.4, -0.2) is 54.0 Å². The molecule has 3 rings (SSSR count). The Hall–Kier alpha value is -2.25. The molecule has 0 bridgehead atoms. The van der Waals surface area contributed by atoms with Crippen molar-refractivity contribution in [3.63, 3.8) is 0 Å². The summed E-state index contributed by atoms with van der Waals surface area (Å²) < 4.78 is 6.03. The summed E-state index contributed by atoms with van der Waals surface area (Å²) in [5.41, 5.74) is 1.13. The summed E-state index contributed by atoms with van der Waals surface area (Å²) in [4.78, 5) is 30.7. The number of fused-ring (bicyclic) bond motifs is 1. The van der Waals surface area contributed by atoms with Gasteiger partial charge in [-0.25, -0.2) is 4.79 Å². The first-order valence-electron chi connectivity index (χ1n) is 10.7. The monoisotopic (exact) mass is 463 g/mol. The van der Waals surface area contributed by atoms with Gasteiger partial charge in [-0.3, -0.25) is 4.79 Å². The first-order chi connectivity index (χ1) is 14.9. The molecule has 3 amide bonds. The molecule has 0 saturated heterocycles. The molecule has 6 nitrogen and oxygen atoms in total. The third-order valence-electron chi connectivity index (χ3n) is 5.65. The van der Waals surface area contributed by atoms with E-state index in [2.05, 4.69) is 16.8 Å². The van der Waals surface area contributed by atoms with Gasteiger partial charge >= 0.3 is 6.03 Å². The van der Waals surface area contributed by atoms with E-state index in [1.54, 1.807) is 28.4 Å². The Kier molecular flexibility index (Phi) is 8.21. The number of benzene rings is 1. The summed E-state index contributed by atoms with van der Waals surface area (Å²) >= 11 is 7.68. The molecule has 1 aromatic carbocycles.